The molecule has 0 saturated carbocycles. The summed E-state index contributed by atoms with van der Waals surface area (Å²) in [5, 5.41) is 3.15. The lowest BCUT2D eigenvalue weighted by molar-refractivity contribution is -0.141. The third kappa shape index (κ3) is 1.89. The summed E-state index contributed by atoms with van der Waals surface area (Å²) in [6, 6.07) is 5.91. The maximum absolute atomic E-state index is 12.5. The number of hydrogen-bond donors (Lipinski definition) is 1. The van der Waals surface area contributed by atoms with Gasteiger partial charge in [0.25, 0.3) is 0 Å². The maximum atomic E-state index is 12.5. The number of amides is 1. The van der Waals surface area contributed by atoms with E-state index in [0.29, 0.717) is 0 Å². The molecular formula is C15H20N4O. The highest BCUT2D eigenvalue weighted by atomic mass is 16.2. The predicted molar refractivity (Wildman–Crippen MR) is 77.3 cm³/mol. The lowest BCUT2D eigenvalue weighted by atomic mass is 9.94. The third-order valence-electron chi connectivity index (χ3n) is 4.34. The van der Waals surface area contributed by atoms with Crippen molar-refractivity contribution in [2.45, 2.75) is 19.4 Å². The number of nitrogens with one attached hydrogen (secondary N) is 1. The fourth-order valence-electron chi connectivity index (χ4n) is 2.57. The van der Waals surface area contributed by atoms with Crippen LogP contribution in [0.4, 0.5) is 0 Å². The Morgan fingerprint density at radius 2 is 2.20 bits per heavy atom. The van der Waals surface area contributed by atoms with E-state index in [1.807, 2.05) is 46.9 Å². The molecule has 20 heavy (non-hydrogen) atoms. The van der Waals surface area contributed by atoms with Crippen LogP contribution in [0.1, 0.15) is 19.5 Å². The summed E-state index contributed by atoms with van der Waals surface area (Å²) in [5.74, 6) is 0.304. The molecule has 0 unspecified atom stereocenters. The highest BCUT2D eigenvalue weighted by Gasteiger charge is 2.37. The number of pyridine rings is 1. The van der Waals surface area contributed by atoms with E-state index >= 15 is 0 Å². The smallest absolute Gasteiger partial charge is 0.228 e. The Morgan fingerprint density at radius 1 is 1.45 bits per heavy atom. The Balaban J connectivity index is 1.95. The van der Waals surface area contributed by atoms with Crippen LogP contribution in [0.3, 0.4) is 0 Å². The van der Waals surface area contributed by atoms with Crippen LogP contribution in [0.2, 0.25) is 0 Å². The maximum Gasteiger partial charge on any atom is 0.228 e. The van der Waals surface area contributed by atoms with Gasteiger partial charge in [-0.05, 0) is 26.0 Å². The summed E-state index contributed by atoms with van der Waals surface area (Å²) in [6.45, 7) is 5.69. The summed E-state index contributed by atoms with van der Waals surface area (Å²) >= 11 is 0. The Bertz CT molecular complexity index is 642. The van der Waals surface area contributed by atoms with Crippen LogP contribution in [-0.2, 0) is 10.3 Å². The van der Waals surface area contributed by atoms with Gasteiger partial charge in [-0.1, -0.05) is 6.07 Å². The second-order valence-electron chi connectivity index (χ2n) is 5.88. The van der Waals surface area contributed by atoms with Gasteiger partial charge >= 0.3 is 0 Å². The first kappa shape index (κ1) is 13.1. The molecule has 1 N–H and O–H groups in total. The fraction of sp³-hybridized carbons (Fsp3) is 0.467. The first-order valence-electron chi connectivity index (χ1n) is 6.93. The minimum Gasteiger partial charge on any atom is -0.335 e. The van der Waals surface area contributed by atoms with E-state index < -0.39 is 5.54 Å². The van der Waals surface area contributed by atoms with Crippen molar-refractivity contribution >= 4 is 11.6 Å². The number of imidazole rings is 1. The summed E-state index contributed by atoms with van der Waals surface area (Å²) < 4.78 is 2.04. The highest BCUT2D eigenvalue weighted by Crippen LogP contribution is 2.28. The Hall–Kier alpha value is -1.88. The molecule has 5 nitrogen and oxygen atoms in total. The van der Waals surface area contributed by atoms with E-state index in [4.69, 9.17) is 0 Å². The van der Waals surface area contributed by atoms with Crippen LogP contribution < -0.4 is 5.32 Å². The largest absolute Gasteiger partial charge is 0.335 e. The van der Waals surface area contributed by atoms with Crippen molar-refractivity contribution in [3.8, 4) is 0 Å². The molecule has 0 aromatic carbocycles. The quantitative estimate of drug-likeness (QED) is 0.915. The predicted octanol–water partition coefficient (Wildman–Crippen LogP) is 1.25. The molecule has 0 atom stereocenters. The van der Waals surface area contributed by atoms with Crippen LogP contribution >= 0.6 is 0 Å². The van der Waals surface area contributed by atoms with Gasteiger partial charge in [-0.25, -0.2) is 4.98 Å². The molecule has 1 saturated heterocycles. The Labute approximate surface area is 118 Å². The summed E-state index contributed by atoms with van der Waals surface area (Å²) in [4.78, 5) is 18.7. The van der Waals surface area contributed by atoms with Crippen LogP contribution in [0.25, 0.3) is 5.65 Å². The molecule has 106 valence electrons. The molecule has 0 spiro atoms. The average Bonchev–Trinajstić information content (AvgIpc) is 2.80. The molecule has 1 aliphatic rings. The van der Waals surface area contributed by atoms with Gasteiger partial charge in [0.2, 0.25) is 5.91 Å². The van der Waals surface area contributed by atoms with E-state index in [-0.39, 0.29) is 11.8 Å². The minimum absolute atomic E-state index is 0.110. The molecule has 1 amide bonds. The van der Waals surface area contributed by atoms with Gasteiger partial charge in [0, 0.05) is 26.3 Å². The van der Waals surface area contributed by atoms with Crippen molar-refractivity contribution < 1.29 is 4.79 Å². The Kier molecular flexibility index (Phi) is 3.01. The summed E-state index contributed by atoms with van der Waals surface area (Å²) in [5.41, 5.74) is 1.53. The van der Waals surface area contributed by atoms with Crippen molar-refractivity contribution in [3.05, 3.63) is 36.3 Å². The molecule has 2 aromatic rings. The normalized spacial score (nSPS) is 16.1. The van der Waals surface area contributed by atoms with Crippen molar-refractivity contribution in [2.75, 3.05) is 20.1 Å². The molecule has 5 heteroatoms. The van der Waals surface area contributed by atoms with E-state index in [0.717, 1.165) is 24.4 Å². The minimum atomic E-state index is -0.395. The number of rotatable bonds is 3. The Morgan fingerprint density at radius 3 is 2.85 bits per heavy atom. The molecule has 3 heterocycles. The van der Waals surface area contributed by atoms with E-state index in [1.165, 1.54) is 0 Å². The van der Waals surface area contributed by atoms with Crippen LogP contribution in [0.15, 0.2) is 30.6 Å². The number of fused-ring (bicyclic) bond motifs is 1. The van der Waals surface area contributed by atoms with Gasteiger partial charge in [-0.3, -0.25) is 4.79 Å². The first-order valence-corrected chi connectivity index (χ1v) is 6.93. The van der Waals surface area contributed by atoms with Gasteiger partial charge in [0.1, 0.15) is 5.65 Å². The number of carbonyl (C=O) groups excluding carboxylic acids is 1. The van der Waals surface area contributed by atoms with Crippen molar-refractivity contribution in [1.82, 2.24) is 19.6 Å². The summed E-state index contributed by atoms with van der Waals surface area (Å²) in [6.07, 6.45) is 3.85. The molecule has 2 aromatic heterocycles. The third-order valence-corrected chi connectivity index (χ3v) is 4.34. The standard InChI is InChI=1S/C15H20N4O/c1-15(2,18(3)14(20)11-8-16-9-11)12-10-17-13-6-4-5-7-19(12)13/h4-7,10-11,16H,8-9H2,1-3H3. The zero-order chi connectivity index (χ0) is 14.3. The van der Waals surface area contributed by atoms with Gasteiger partial charge in [0.05, 0.1) is 23.3 Å². The second-order valence-corrected chi connectivity index (χ2v) is 5.88. The molecule has 0 radical (unpaired) electrons. The second kappa shape index (κ2) is 4.59. The fourth-order valence-corrected chi connectivity index (χ4v) is 2.57. The lowest BCUT2D eigenvalue weighted by Crippen LogP contribution is -2.55. The van der Waals surface area contributed by atoms with Gasteiger partial charge in [-0.15, -0.1) is 0 Å². The van der Waals surface area contributed by atoms with Crippen LogP contribution in [0, 0.1) is 5.92 Å². The van der Waals surface area contributed by atoms with Crippen LogP contribution in [0.5, 0.6) is 0 Å². The SMILES string of the molecule is CN(C(=O)C1CNC1)C(C)(C)c1cnc2ccccn12. The van der Waals surface area contributed by atoms with Crippen molar-refractivity contribution in [2.24, 2.45) is 5.92 Å². The average molecular weight is 272 g/mol. The molecular weight excluding hydrogens is 252 g/mol. The molecule has 0 bridgehead atoms. The lowest BCUT2D eigenvalue weighted by Gasteiger charge is -2.39. The molecule has 3 rings (SSSR count). The van der Waals surface area contributed by atoms with Gasteiger partial charge in [0.15, 0.2) is 0 Å². The van der Waals surface area contributed by atoms with E-state index in [1.54, 1.807) is 0 Å². The van der Waals surface area contributed by atoms with Crippen LogP contribution in [-0.4, -0.2) is 40.3 Å². The number of hydrogen-bond acceptors (Lipinski definition) is 3. The molecule has 0 aliphatic carbocycles. The highest BCUT2D eigenvalue weighted by molar-refractivity contribution is 5.80. The zero-order valence-corrected chi connectivity index (χ0v) is 12.1. The van der Waals surface area contributed by atoms with Crippen molar-refractivity contribution in [3.63, 3.8) is 0 Å². The number of nitrogens with zero attached hydrogens (tertiary/aromatic N) is 3. The number of carbonyl (C=O) groups is 1. The zero-order valence-electron chi connectivity index (χ0n) is 12.1. The molecule has 1 fully saturated rings. The molecule has 1 aliphatic heterocycles. The van der Waals surface area contributed by atoms with E-state index in [9.17, 15) is 4.79 Å². The van der Waals surface area contributed by atoms with Gasteiger partial charge in [-0.2, -0.15) is 0 Å². The monoisotopic (exact) mass is 272 g/mol. The first-order chi connectivity index (χ1) is 9.51. The topological polar surface area (TPSA) is 49.6 Å². The van der Waals surface area contributed by atoms with Gasteiger partial charge < -0.3 is 14.6 Å². The summed E-state index contributed by atoms with van der Waals surface area (Å²) in [7, 11) is 1.88. The van der Waals surface area contributed by atoms with Crippen molar-refractivity contribution in [1.29, 1.82) is 0 Å². The van der Waals surface area contributed by atoms with E-state index in [2.05, 4.69) is 24.1 Å². The number of aromatic nitrogens is 2.